The predicted octanol–water partition coefficient (Wildman–Crippen LogP) is 3.24. The number of aromatic nitrogens is 1. The molecule has 0 aliphatic heterocycles. The molecule has 1 aliphatic carbocycles. The Morgan fingerprint density at radius 1 is 1.21 bits per heavy atom. The molecule has 0 fully saturated rings. The van der Waals surface area contributed by atoms with Crippen LogP contribution in [0.25, 0.3) is 10.9 Å². The lowest BCUT2D eigenvalue weighted by Gasteiger charge is -2.23. The first-order valence-electron chi connectivity index (χ1n) is 6.88. The van der Waals surface area contributed by atoms with E-state index in [4.69, 9.17) is 5.84 Å². The van der Waals surface area contributed by atoms with Gasteiger partial charge in [0.05, 0.1) is 11.6 Å². The average molecular weight is 253 g/mol. The smallest absolute Gasteiger partial charge is 0.0702 e. The Labute approximate surface area is 113 Å². The van der Waals surface area contributed by atoms with Crippen molar-refractivity contribution in [1.82, 2.24) is 10.4 Å². The fourth-order valence-electron chi connectivity index (χ4n) is 2.82. The van der Waals surface area contributed by atoms with Crippen LogP contribution in [0, 0.1) is 0 Å². The molecule has 1 aliphatic rings. The Balaban J connectivity index is 1.98. The summed E-state index contributed by atoms with van der Waals surface area (Å²) in [4.78, 5) is 4.35. The summed E-state index contributed by atoms with van der Waals surface area (Å²) in [5.41, 5.74) is 6.62. The zero-order valence-electron chi connectivity index (χ0n) is 11.0. The predicted molar refractivity (Wildman–Crippen MR) is 78.4 cm³/mol. The second-order valence-electron chi connectivity index (χ2n) is 5.08. The highest BCUT2D eigenvalue weighted by Crippen LogP contribution is 2.30. The van der Waals surface area contributed by atoms with Crippen molar-refractivity contribution < 1.29 is 0 Å². The minimum atomic E-state index is 0.130. The molecule has 3 N–H and O–H groups in total. The molecule has 2 aromatic rings. The minimum absolute atomic E-state index is 0.130. The fourth-order valence-corrected chi connectivity index (χ4v) is 2.82. The number of fused-ring (bicyclic) bond motifs is 1. The van der Waals surface area contributed by atoms with E-state index in [1.165, 1.54) is 30.4 Å². The monoisotopic (exact) mass is 253 g/mol. The number of hydrogen-bond acceptors (Lipinski definition) is 3. The molecular weight excluding hydrogens is 234 g/mol. The summed E-state index contributed by atoms with van der Waals surface area (Å²) in [7, 11) is 0. The van der Waals surface area contributed by atoms with Crippen LogP contribution in [-0.4, -0.2) is 4.98 Å². The van der Waals surface area contributed by atoms with Gasteiger partial charge in [0, 0.05) is 11.6 Å². The van der Waals surface area contributed by atoms with Crippen molar-refractivity contribution in [2.24, 2.45) is 5.84 Å². The van der Waals surface area contributed by atoms with E-state index in [0.29, 0.717) is 0 Å². The van der Waals surface area contributed by atoms with Crippen LogP contribution in [0.2, 0.25) is 0 Å². The quantitative estimate of drug-likeness (QED) is 0.501. The molecule has 3 heteroatoms. The van der Waals surface area contributed by atoms with Crippen molar-refractivity contribution in [3.63, 3.8) is 0 Å². The molecule has 3 rings (SSSR count). The van der Waals surface area contributed by atoms with Crippen LogP contribution in [0.1, 0.15) is 37.3 Å². The molecule has 19 heavy (non-hydrogen) atoms. The van der Waals surface area contributed by atoms with Crippen LogP contribution in [0.3, 0.4) is 0 Å². The Morgan fingerprint density at radius 3 is 2.95 bits per heavy atom. The Hall–Kier alpha value is -1.71. The van der Waals surface area contributed by atoms with Gasteiger partial charge in [0.2, 0.25) is 0 Å². The molecule has 0 saturated carbocycles. The second kappa shape index (κ2) is 5.51. The Kier molecular flexibility index (Phi) is 3.58. The Bertz CT molecular complexity index is 604. The van der Waals surface area contributed by atoms with Crippen LogP contribution < -0.4 is 11.3 Å². The van der Waals surface area contributed by atoms with Gasteiger partial charge in [-0.15, -0.1) is 0 Å². The summed E-state index contributed by atoms with van der Waals surface area (Å²) in [6.45, 7) is 0. The molecule has 1 atom stereocenters. The number of pyridine rings is 1. The Morgan fingerprint density at radius 2 is 2.16 bits per heavy atom. The second-order valence-corrected chi connectivity index (χ2v) is 5.08. The van der Waals surface area contributed by atoms with E-state index in [0.717, 1.165) is 17.3 Å². The summed E-state index contributed by atoms with van der Waals surface area (Å²) in [6, 6.07) is 10.6. The van der Waals surface area contributed by atoms with Crippen LogP contribution in [0.4, 0.5) is 0 Å². The van der Waals surface area contributed by atoms with Gasteiger partial charge in [-0.2, -0.15) is 0 Å². The van der Waals surface area contributed by atoms with Gasteiger partial charge in [-0.3, -0.25) is 10.8 Å². The number of benzene rings is 1. The zero-order valence-corrected chi connectivity index (χ0v) is 11.0. The lowest BCUT2D eigenvalue weighted by Crippen LogP contribution is -2.30. The van der Waals surface area contributed by atoms with E-state index in [1.807, 2.05) is 12.3 Å². The van der Waals surface area contributed by atoms with E-state index >= 15 is 0 Å². The SMILES string of the molecule is NNC(C1=CCCCC1)c1ccc2ncccc2c1. The highest BCUT2D eigenvalue weighted by Gasteiger charge is 2.17. The standard InChI is InChI=1S/C16H19N3/c17-19-16(12-5-2-1-3-6-12)14-8-9-15-13(11-14)7-4-10-18-15/h4-5,7-11,16,19H,1-3,6,17H2. The summed E-state index contributed by atoms with van der Waals surface area (Å²) in [5.74, 6) is 5.77. The first kappa shape index (κ1) is 12.3. The van der Waals surface area contributed by atoms with E-state index < -0.39 is 0 Å². The van der Waals surface area contributed by atoms with Gasteiger partial charge < -0.3 is 0 Å². The van der Waals surface area contributed by atoms with Crippen LogP contribution >= 0.6 is 0 Å². The van der Waals surface area contributed by atoms with Gasteiger partial charge in [-0.05, 0) is 49.4 Å². The van der Waals surface area contributed by atoms with Gasteiger partial charge in [-0.1, -0.05) is 23.8 Å². The largest absolute Gasteiger partial charge is 0.271 e. The molecule has 0 bridgehead atoms. The number of rotatable bonds is 3. The van der Waals surface area contributed by atoms with Crippen molar-refractivity contribution in [3.8, 4) is 0 Å². The van der Waals surface area contributed by atoms with Crippen LogP contribution in [0.5, 0.6) is 0 Å². The normalized spacial score (nSPS) is 17.2. The van der Waals surface area contributed by atoms with Crippen molar-refractivity contribution >= 4 is 10.9 Å². The molecule has 98 valence electrons. The van der Waals surface area contributed by atoms with E-state index in [9.17, 15) is 0 Å². The van der Waals surface area contributed by atoms with Gasteiger partial charge in [0.15, 0.2) is 0 Å². The maximum absolute atomic E-state index is 5.77. The molecule has 0 spiro atoms. The van der Waals surface area contributed by atoms with Crippen molar-refractivity contribution in [2.75, 3.05) is 0 Å². The molecule has 1 heterocycles. The highest BCUT2D eigenvalue weighted by atomic mass is 15.2. The van der Waals surface area contributed by atoms with Crippen LogP contribution in [0.15, 0.2) is 48.2 Å². The average Bonchev–Trinajstić information content (AvgIpc) is 2.49. The fraction of sp³-hybridized carbons (Fsp3) is 0.312. The van der Waals surface area contributed by atoms with Crippen molar-refractivity contribution in [2.45, 2.75) is 31.7 Å². The summed E-state index contributed by atoms with van der Waals surface area (Å²) < 4.78 is 0. The summed E-state index contributed by atoms with van der Waals surface area (Å²) in [5, 5.41) is 1.16. The molecule has 1 aromatic carbocycles. The number of hydrazine groups is 1. The van der Waals surface area contributed by atoms with Crippen molar-refractivity contribution in [3.05, 3.63) is 53.7 Å². The molecule has 0 amide bonds. The van der Waals surface area contributed by atoms with Gasteiger partial charge >= 0.3 is 0 Å². The van der Waals surface area contributed by atoms with Gasteiger partial charge in [-0.25, -0.2) is 5.43 Å². The zero-order chi connectivity index (χ0) is 13.1. The molecule has 0 saturated heterocycles. The van der Waals surface area contributed by atoms with E-state index in [1.54, 1.807) is 0 Å². The van der Waals surface area contributed by atoms with Gasteiger partial charge in [0.1, 0.15) is 0 Å². The number of allylic oxidation sites excluding steroid dienone is 1. The molecular formula is C16H19N3. The lowest BCUT2D eigenvalue weighted by molar-refractivity contribution is 0.566. The third-order valence-electron chi connectivity index (χ3n) is 3.82. The lowest BCUT2D eigenvalue weighted by atomic mass is 9.90. The van der Waals surface area contributed by atoms with E-state index in [-0.39, 0.29) is 6.04 Å². The van der Waals surface area contributed by atoms with Gasteiger partial charge in [0.25, 0.3) is 0 Å². The third-order valence-corrected chi connectivity index (χ3v) is 3.82. The number of nitrogens with zero attached hydrogens (tertiary/aromatic N) is 1. The van der Waals surface area contributed by atoms with E-state index in [2.05, 4.69) is 40.8 Å². The number of nitrogens with two attached hydrogens (primary N) is 1. The number of hydrogen-bond donors (Lipinski definition) is 2. The highest BCUT2D eigenvalue weighted by molar-refractivity contribution is 5.79. The first-order valence-corrected chi connectivity index (χ1v) is 6.88. The maximum Gasteiger partial charge on any atom is 0.0702 e. The topological polar surface area (TPSA) is 50.9 Å². The molecule has 1 aromatic heterocycles. The summed E-state index contributed by atoms with van der Waals surface area (Å²) >= 11 is 0. The molecule has 1 unspecified atom stereocenters. The summed E-state index contributed by atoms with van der Waals surface area (Å²) in [6.07, 6.45) is 9.02. The third kappa shape index (κ3) is 2.53. The molecule has 0 radical (unpaired) electrons. The maximum atomic E-state index is 5.77. The van der Waals surface area contributed by atoms with Crippen molar-refractivity contribution in [1.29, 1.82) is 0 Å². The van der Waals surface area contributed by atoms with Crippen LogP contribution in [-0.2, 0) is 0 Å². The molecule has 3 nitrogen and oxygen atoms in total. The number of nitrogens with one attached hydrogen (secondary N) is 1. The first-order chi connectivity index (χ1) is 9.38. The minimum Gasteiger partial charge on any atom is -0.271 e.